The zero-order valence-corrected chi connectivity index (χ0v) is 20.0. The number of imidazole rings is 1. The second kappa shape index (κ2) is 9.30. The first-order chi connectivity index (χ1) is 15.7. The number of fused-ring (bicyclic) bond motifs is 1. The normalized spacial score (nSPS) is 13.6. The van der Waals surface area contributed by atoms with Crippen molar-refractivity contribution in [2.75, 3.05) is 6.54 Å². The summed E-state index contributed by atoms with van der Waals surface area (Å²) in [5, 5.41) is 9.63. The number of hydrogen-bond donors (Lipinski definition) is 1. The Morgan fingerprint density at radius 2 is 1.88 bits per heavy atom. The van der Waals surface area contributed by atoms with Gasteiger partial charge < -0.3 is 19.3 Å². The molecule has 2 aromatic carbocycles. The fourth-order valence-electron chi connectivity index (χ4n) is 4.10. The molecular formula is C27H33N3O3. The van der Waals surface area contributed by atoms with Crippen molar-refractivity contribution in [1.29, 1.82) is 0 Å². The zero-order valence-electron chi connectivity index (χ0n) is 20.0. The van der Waals surface area contributed by atoms with Crippen molar-refractivity contribution >= 4 is 6.09 Å². The number of aromatic nitrogens is 2. The lowest BCUT2D eigenvalue weighted by Crippen LogP contribution is -2.39. The van der Waals surface area contributed by atoms with Crippen LogP contribution >= 0.6 is 0 Å². The maximum Gasteiger partial charge on any atom is 0.410 e. The Balaban J connectivity index is 1.64. The third-order valence-corrected chi connectivity index (χ3v) is 5.83. The molecule has 0 aliphatic carbocycles. The van der Waals surface area contributed by atoms with Gasteiger partial charge in [-0.3, -0.25) is 0 Å². The third kappa shape index (κ3) is 5.38. The summed E-state index contributed by atoms with van der Waals surface area (Å²) in [5.41, 5.74) is 4.81. The molecule has 0 spiro atoms. The second-order valence-electron chi connectivity index (χ2n) is 9.67. The highest BCUT2D eigenvalue weighted by atomic mass is 16.6. The van der Waals surface area contributed by atoms with Crippen molar-refractivity contribution in [2.24, 2.45) is 0 Å². The van der Waals surface area contributed by atoms with Crippen LogP contribution in [-0.2, 0) is 24.1 Å². The number of phenolic OH excluding ortho intramolecular Hbond substituents is 1. The van der Waals surface area contributed by atoms with E-state index >= 15 is 0 Å². The SMILES string of the molecule is CCCCc1nc(-c2ccc(O)cc2)cn1-c1ccc2c(c1)CN(C(=O)OC(C)(C)C)CC2. The number of unbranched alkanes of at least 4 members (excludes halogenated alkanes) is 1. The number of phenols is 1. The van der Waals surface area contributed by atoms with Gasteiger partial charge in [0, 0.05) is 37.0 Å². The molecule has 1 aromatic heterocycles. The predicted octanol–water partition coefficient (Wildman–Crippen LogP) is 5.88. The van der Waals surface area contributed by atoms with Crippen LogP contribution in [0.3, 0.4) is 0 Å². The number of aromatic hydroxyl groups is 1. The Hall–Kier alpha value is -3.28. The molecule has 2 heterocycles. The summed E-state index contributed by atoms with van der Waals surface area (Å²) in [6.45, 7) is 9.07. The van der Waals surface area contributed by atoms with Crippen LogP contribution in [0.5, 0.6) is 5.75 Å². The van der Waals surface area contributed by atoms with Gasteiger partial charge in [-0.1, -0.05) is 19.4 Å². The van der Waals surface area contributed by atoms with E-state index in [-0.39, 0.29) is 11.8 Å². The van der Waals surface area contributed by atoms with Gasteiger partial charge in [0.1, 0.15) is 17.2 Å². The monoisotopic (exact) mass is 447 g/mol. The largest absolute Gasteiger partial charge is 0.508 e. The molecule has 0 atom stereocenters. The van der Waals surface area contributed by atoms with Gasteiger partial charge in [-0.25, -0.2) is 9.78 Å². The van der Waals surface area contributed by atoms with Gasteiger partial charge in [-0.2, -0.15) is 0 Å². The summed E-state index contributed by atoms with van der Waals surface area (Å²) in [7, 11) is 0. The molecule has 0 unspecified atom stereocenters. The number of benzene rings is 2. The minimum atomic E-state index is -0.505. The molecule has 1 aliphatic rings. The van der Waals surface area contributed by atoms with Crippen LogP contribution in [0.25, 0.3) is 16.9 Å². The van der Waals surface area contributed by atoms with Crippen molar-refractivity contribution in [3.8, 4) is 22.7 Å². The van der Waals surface area contributed by atoms with Crippen molar-refractivity contribution in [1.82, 2.24) is 14.5 Å². The minimum absolute atomic E-state index is 0.244. The van der Waals surface area contributed by atoms with E-state index in [0.29, 0.717) is 13.1 Å². The Kier molecular flexibility index (Phi) is 6.45. The summed E-state index contributed by atoms with van der Waals surface area (Å²) >= 11 is 0. The summed E-state index contributed by atoms with van der Waals surface area (Å²) in [6, 6.07) is 13.6. The first-order valence-corrected chi connectivity index (χ1v) is 11.7. The molecule has 6 heteroatoms. The fraction of sp³-hybridized carbons (Fsp3) is 0.407. The van der Waals surface area contributed by atoms with Crippen LogP contribution in [-0.4, -0.2) is 37.8 Å². The fourth-order valence-corrected chi connectivity index (χ4v) is 4.10. The summed E-state index contributed by atoms with van der Waals surface area (Å²) in [6.07, 6.45) is 5.66. The van der Waals surface area contributed by atoms with Crippen molar-refractivity contribution in [2.45, 2.75) is 65.5 Å². The molecule has 0 saturated heterocycles. The predicted molar refractivity (Wildman–Crippen MR) is 130 cm³/mol. The molecule has 1 amide bonds. The lowest BCUT2D eigenvalue weighted by molar-refractivity contribution is 0.0224. The van der Waals surface area contributed by atoms with E-state index < -0.39 is 5.60 Å². The van der Waals surface area contributed by atoms with Gasteiger partial charge >= 0.3 is 6.09 Å². The first kappa shape index (κ1) is 22.9. The van der Waals surface area contributed by atoms with E-state index in [4.69, 9.17) is 9.72 Å². The Bertz CT molecular complexity index is 1130. The van der Waals surface area contributed by atoms with Crippen molar-refractivity contribution < 1.29 is 14.6 Å². The van der Waals surface area contributed by atoms with E-state index in [1.165, 1.54) is 5.56 Å². The van der Waals surface area contributed by atoms with Crippen LogP contribution in [0.2, 0.25) is 0 Å². The average Bonchev–Trinajstić information content (AvgIpc) is 3.20. The number of hydrogen-bond acceptors (Lipinski definition) is 4. The molecule has 0 bridgehead atoms. The lowest BCUT2D eigenvalue weighted by atomic mass is 9.99. The van der Waals surface area contributed by atoms with Crippen LogP contribution in [0.4, 0.5) is 4.79 Å². The summed E-state index contributed by atoms with van der Waals surface area (Å²) < 4.78 is 7.74. The smallest absolute Gasteiger partial charge is 0.410 e. The number of amides is 1. The van der Waals surface area contributed by atoms with Crippen molar-refractivity contribution in [3.63, 3.8) is 0 Å². The second-order valence-corrected chi connectivity index (χ2v) is 9.67. The maximum absolute atomic E-state index is 12.6. The molecule has 33 heavy (non-hydrogen) atoms. The maximum atomic E-state index is 12.6. The highest BCUT2D eigenvalue weighted by Crippen LogP contribution is 2.28. The number of carbonyl (C=O) groups is 1. The van der Waals surface area contributed by atoms with Gasteiger partial charge in [-0.15, -0.1) is 0 Å². The van der Waals surface area contributed by atoms with Crippen LogP contribution in [0.1, 0.15) is 57.5 Å². The highest BCUT2D eigenvalue weighted by Gasteiger charge is 2.26. The Morgan fingerprint density at radius 1 is 1.12 bits per heavy atom. The molecule has 174 valence electrons. The molecule has 6 nitrogen and oxygen atoms in total. The van der Waals surface area contributed by atoms with Gasteiger partial charge in [0.2, 0.25) is 0 Å². The van der Waals surface area contributed by atoms with Gasteiger partial charge in [0.25, 0.3) is 0 Å². The topological polar surface area (TPSA) is 67.6 Å². The van der Waals surface area contributed by atoms with Crippen LogP contribution < -0.4 is 0 Å². The first-order valence-electron chi connectivity index (χ1n) is 11.7. The van der Waals surface area contributed by atoms with Crippen LogP contribution in [0, 0.1) is 0 Å². The van der Waals surface area contributed by atoms with E-state index in [0.717, 1.165) is 54.0 Å². The number of nitrogens with zero attached hydrogens (tertiary/aromatic N) is 3. The zero-order chi connectivity index (χ0) is 23.6. The van der Waals surface area contributed by atoms with Gasteiger partial charge in [-0.05, 0) is 81.1 Å². The quantitative estimate of drug-likeness (QED) is 0.530. The van der Waals surface area contributed by atoms with Gasteiger partial charge in [0.05, 0.1) is 5.69 Å². The summed E-state index contributed by atoms with van der Waals surface area (Å²) in [4.78, 5) is 19.3. The molecule has 3 aromatic rings. The molecule has 0 saturated carbocycles. The molecular weight excluding hydrogens is 414 g/mol. The summed E-state index contributed by atoms with van der Waals surface area (Å²) in [5.74, 6) is 1.26. The Labute approximate surface area is 195 Å². The van der Waals surface area contributed by atoms with Crippen LogP contribution in [0.15, 0.2) is 48.7 Å². The number of rotatable bonds is 5. The molecule has 4 rings (SSSR count). The van der Waals surface area contributed by atoms with Gasteiger partial charge in [0.15, 0.2) is 0 Å². The number of ether oxygens (including phenoxy) is 1. The van der Waals surface area contributed by atoms with E-state index in [1.54, 1.807) is 17.0 Å². The third-order valence-electron chi connectivity index (χ3n) is 5.83. The number of aryl methyl sites for hydroxylation is 1. The molecule has 1 aliphatic heterocycles. The van der Waals surface area contributed by atoms with E-state index in [9.17, 15) is 9.90 Å². The van der Waals surface area contributed by atoms with E-state index in [2.05, 4.69) is 35.9 Å². The molecule has 0 radical (unpaired) electrons. The number of carbonyl (C=O) groups excluding carboxylic acids is 1. The van der Waals surface area contributed by atoms with Crippen molar-refractivity contribution in [3.05, 3.63) is 65.6 Å². The average molecular weight is 448 g/mol. The molecule has 0 fully saturated rings. The standard InChI is InChI=1S/C27H33N3O3/c1-5-6-7-25-28-24(20-9-12-23(31)13-10-20)18-30(25)22-11-8-19-14-15-29(17-21(19)16-22)26(32)33-27(2,3)4/h8-13,16,18,31H,5-7,14-15,17H2,1-4H3. The Morgan fingerprint density at radius 3 is 2.58 bits per heavy atom. The highest BCUT2D eigenvalue weighted by molar-refractivity contribution is 5.69. The van der Waals surface area contributed by atoms with E-state index in [1.807, 2.05) is 32.9 Å². The minimum Gasteiger partial charge on any atom is -0.508 e. The molecule has 1 N–H and O–H groups in total. The lowest BCUT2D eigenvalue weighted by Gasteiger charge is -2.31.